The van der Waals surface area contributed by atoms with Crippen LogP contribution in [0.4, 0.5) is 0 Å². The third-order valence-corrected chi connectivity index (χ3v) is 3.00. The third kappa shape index (κ3) is 3.85. The molecule has 96 valence electrons. The lowest BCUT2D eigenvalue weighted by molar-refractivity contribution is -0.144. The second-order valence-corrected chi connectivity index (χ2v) is 5.06. The number of nitrogens with one attached hydrogen (secondary N) is 1. The minimum atomic E-state index is -0.334. The Kier molecular flexibility index (Phi) is 5.21. The largest absolute Gasteiger partial charge is 0.468 e. The molecule has 17 heavy (non-hydrogen) atoms. The van der Waals surface area contributed by atoms with Crippen molar-refractivity contribution >= 4 is 21.9 Å². The molecule has 0 aliphatic heterocycles. The summed E-state index contributed by atoms with van der Waals surface area (Å²) in [6.45, 7) is 5.89. The van der Waals surface area contributed by atoms with Gasteiger partial charge < -0.3 is 9.15 Å². The molecule has 1 aromatic rings. The normalized spacial score (nSPS) is 14.7. The van der Waals surface area contributed by atoms with E-state index in [0.717, 1.165) is 5.76 Å². The van der Waals surface area contributed by atoms with Crippen LogP contribution in [0.25, 0.3) is 0 Å². The maximum Gasteiger partial charge on any atom is 0.323 e. The molecule has 1 unspecified atom stereocenters. The quantitative estimate of drug-likeness (QED) is 0.850. The van der Waals surface area contributed by atoms with Crippen molar-refractivity contribution in [3.05, 3.63) is 22.6 Å². The second-order valence-electron chi connectivity index (χ2n) is 4.28. The zero-order valence-electron chi connectivity index (χ0n) is 10.5. The lowest BCUT2D eigenvalue weighted by Gasteiger charge is -2.23. The van der Waals surface area contributed by atoms with Gasteiger partial charge >= 0.3 is 5.97 Å². The molecule has 2 atom stereocenters. The Labute approximate surface area is 110 Å². The molecule has 1 N–H and O–H groups in total. The predicted molar refractivity (Wildman–Crippen MR) is 68.6 cm³/mol. The van der Waals surface area contributed by atoms with Gasteiger partial charge in [0.1, 0.15) is 11.8 Å². The standard InChI is InChI=1S/C12H18BrNO3/c1-7(2)11(12(15)16-4)14-8(3)9-5-6-10(13)17-9/h5-8,11,14H,1-4H3/t8?,11-/m0/s1. The summed E-state index contributed by atoms with van der Waals surface area (Å²) < 4.78 is 10.9. The average molecular weight is 304 g/mol. The van der Waals surface area contributed by atoms with Crippen LogP contribution >= 0.6 is 15.9 Å². The first-order chi connectivity index (χ1) is 7.95. The van der Waals surface area contributed by atoms with E-state index in [2.05, 4.69) is 21.2 Å². The van der Waals surface area contributed by atoms with Crippen molar-refractivity contribution in [1.82, 2.24) is 5.32 Å². The van der Waals surface area contributed by atoms with Gasteiger partial charge in [0.25, 0.3) is 0 Å². The first-order valence-corrected chi connectivity index (χ1v) is 6.34. The monoisotopic (exact) mass is 303 g/mol. The van der Waals surface area contributed by atoms with Crippen LogP contribution in [0.3, 0.4) is 0 Å². The van der Waals surface area contributed by atoms with Gasteiger partial charge in [-0.25, -0.2) is 0 Å². The van der Waals surface area contributed by atoms with Crippen LogP contribution in [0.1, 0.15) is 32.6 Å². The van der Waals surface area contributed by atoms with Gasteiger partial charge in [0.2, 0.25) is 0 Å². The van der Waals surface area contributed by atoms with Crippen LogP contribution in [0, 0.1) is 5.92 Å². The Morgan fingerprint density at radius 1 is 1.41 bits per heavy atom. The van der Waals surface area contributed by atoms with Crippen molar-refractivity contribution in [3.63, 3.8) is 0 Å². The molecule has 0 saturated carbocycles. The topological polar surface area (TPSA) is 51.5 Å². The lowest BCUT2D eigenvalue weighted by Crippen LogP contribution is -2.42. The van der Waals surface area contributed by atoms with Crippen molar-refractivity contribution in [2.24, 2.45) is 5.92 Å². The molecule has 0 radical (unpaired) electrons. The van der Waals surface area contributed by atoms with E-state index in [9.17, 15) is 4.79 Å². The van der Waals surface area contributed by atoms with Crippen LogP contribution in [-0.2, 0) is 9.53 Å². The number of halogens is 1. The molecule has 0 aliphatic carbocycles. The number of hydrogen-bond donors (Lipinski definition) is 1. The maximum absolute atomic E-state index is 11.6. The van der Waals surface area contributed by atoms with Crippen molar-refractivity contribution in [3.8, 4) is 0 Å². The fourth-order valence-corrected chi connectivity index (χ4v) is 1.89. The van der Waals surface area contributed by atoms with E-state index in [4.69, 9.17) is 9.15 Å². The predicted octanol–water partition coefficient (Wildman–Crippen LogP) is 2.89. The number of hydrogen-bond acceptors (Lipinski definition) is 4. The van der Waals surface area contributed by atoms with Crippen molar-refractivity contribution in [1.29, 1.82) is 0 Å². The van der Waals surface area contributed by atoms with E-state index in [1.807, 2.05) is 32.9 Å². The van der Waals surface area contributed by atoms with Crippen molar-refractivity contribution < 1.29 is 13.9 Å². The van der Waals surface area contributed by atoms with Crippen LogP contribution in [0.5, 0.6) is 0 Å². The smallest absolute Gasteiger partial charge is 0.323 e. The summed E-state index contributed by atoms with van der Waals surface area (Å²) in [7, 11) is 1.40. The van der Waals surface area contributed by atoms with Crippen molar-refractivity contribution in [2.75, 3.05) is 7.11 Å². The van der Waals surface area contributed by atoms with Gasteiger partial charge in [-0.2, -0.15) is 0 Å². The van der Waals surface area contributed by atoms with Crippen molar-refractivity contribution in [2.45, 2.75) is 32.9 Å². The zero-order chi connectivity index (χ0) is 13.0. The number of ether oxygens (including phenoxy) is 1. The molecule has 0 aromatic carbocycles. The molecule has 0 aliphatic rings. The van der Waals surface area contributed by atoms with Gasteiger partial charge in [-0.15, -0.1) is 0 Å². The fourth-order valence-electron chi connectivity index (χ4n) is 1.57. The Balaban J connectivity index is 2.70. The van der Waals surface area contributed by atoms with Gasteiger partial charge in [-0.05, 0) is 40.9 Å². The highest BCUT2D eigenvalue weighted by molar-refractivity contribution is 9.10. The highest BCUT2D eigenvalue weighted by Gasteiger charge is 2.25. The van der Waals surface area contributed by atoms with E-state index in [-0.39, 0.29) is 24.0 Å². The van der Waals surface area contributed by atoms with Crippen LogP contribution in [0.2, 0.25) is 0 Å². The molecule has 1 heterocycles. The molecular formula is C12H18BrNO3. The molecule has 1 rings (SSSR count). The molecule has 0 saturated heterocycles. The summed E-state index contributed by atoms with van der Waals surface area (Å²) in [5.74, 6) is 0.687. The summed E-state index contributed by atoms with van der Waals surface area (Å²) in [5, 5.41) is 3.21. The summed E-state index contributed by atoms with van der Waals surface area (Å²) in [6, 6.07) is 3.32. The molecular weight excluding hydrogens is 286 g/mol. The highest BCUT2D eigenvalue weighted by atomic mass is 79.9. The maximum atomic E-state index is 11.6. The number of carbonyl (C=O) groups excluding carboxylic acids is 1. The Bertz CT molecular complexity index is 376. The molecule has 1 aromatic heterocycles. The van der Waals surface area contributed by atoms with Crippen LogP contribution in [-0.4, -0.2) is 19.1 Å². The summed E-state index contributed by atoms with van der Waals surface area (Å²) in [6.07, 6.45) is 0. The van der Waals surface area contributed by atoms with Crippen LogP contribution in [0.15, 0.2) is 21.2 Å². The van der Waals surface area contributed by atoms with E-state index in [0.29, 0.717) is 4.67 Å². The Hall–Kier alpha value is -0.810. The van der Waals surface area contributed by atoms with Gasteiger partial charge in [-0.3, -0.25) is 10.1 Å². The minimum Gasteiger partial charge on any atom is -0.468 e. The van der Waals surface area contributed by atoms with Gasteiger partial charge in [0.05, 0.1) is 13.2 Å². The SMILES string of the molecule is COC(=O)[C@@H](NC(C)c1ccc(Br)o1)C(C)C. The Morgan fingerprint density at radius 3 is 2.47 bits per heavy atom. The van der Waals surface area contributed by atoms with Gasteiger partial charge in [0.15, 0.2) is 4.67 Å². The molecule has 4 nitrogen and oxygen atoms in total. The molecule has 0 amide bonds. The Morgan fingerprint density at radius 2 is 2.06 bits per heavy atom. The van der Waals surface area contributed by atoms with Crippen LogP contribution < -0.4 is 5.32 Å². The summed E-state index contributed by atoms with van der Waals surface area (Å²) >= 11 is 3.25. The number of carbonyl (C=O) groups is 1. The number of furan rings is 1. The molecule has 0 spiro atoms. The minimum absolute atomic E-state index is 0.0483. The molecule has 0 bridgehead atoms. The second kappa shape index (κ2) is 6.21. The third-order valence-electron chi connectivity index (χ3n) is 2.57. The van der Waals surface area contributed by atoms with E-state index < -0.39 is 0 Å². The fraction of sp³-hybridized carbons (Fsp3) is 0.583. The zero-order valence-corrected chi connectivity index (χ0v) is 12.1. The number of esters is 1. The first kappa shape index (κ1) is 14.3. The first-order valence-electron chi connectivity index (χ1n) is 5.54. The van der Waals surface area contributed by atoms with Gasteiger partial charge in [0, 0.05) is 0 Å². The lowest BCUT2D eigenvalue weighted by atomic mass is 10.0. The summed E-state index contributed by atoms with van der Waals surface area (Å²) in [5.41, 5.74) is 0. The van der Waals surface area contributed by atoms with Gasteiger partial charge in [-0.1, -0.05) is 13.8 Å². The van der Waals surface area contributed by atoms with E-state index in [1.54, 1.807) is 0 Å². The average Bonchev–Trinajstić information content (AvgIpc) is 2.71. The highest BCUT2D eigenvalue weighted by Crippen LogP contribution is 2.21. The van der Waals surface area contributed by atoms with E-state index in [1.165, 1.54) is 7.11 Å². The number of methoxy groups -OCH3 is 1. The molecule has 5 heteroatoms. The summed E-state index contributed by atoms with van der Waals surface area (Å²) in [4.78, 5) is 11.6. The molecule has 0 fully saturated rings. The van der Waals surface area contributed by atoms with E-state index >= 15 is 0 Å². The number of rotatable bonds is 5.